The number of aromatic nitrogens is 3. The number of Topliss-reactive ketones (excluding diaryl/α,β-unsaturated/α-hetero) is 1. The molecular formula is C29H32N4O3S. The Hall–Kier alpha value is -4.22. The van der Waals surface area contributed by atoms with Crippen LogP contribution in [0.4, 0.5) is 0 Å². The van der Waals surface area contributed by atoms with Gasteiger partial charge in [-0.3, -0.25) is 9.78 Å². The number of rotatable bonds is 7. The van der Waals surface area contributed by atoms with Crippen molar-refractivity contribution < 1.29 is 13.2 Å². The first kappa shape index (κ1) is 30.8. The normalized spacial score (nSPS) is 9.92. The van der Waals surface area contributed by atoms with Gasteiger partial charge < -0.3 is 0 Å². The number of nitriles is 1. The number of carbonyl (C=O) groups is 1. The lowest BCUT2D eigenvalue weighted by Crippen LogP contribution is -2.05. The average Bonchev–Trinajstić information content (AvgIpc) is 2.88. The first-order chi connectivity index (χ1) is 17.4. The van der Waals surface area contributed by atoms with E-state index in [0.717, 1.165) is 33.2 Å². The minimum Gasteiger partial charge on any atom is -0.295 e. The average molecular weight is 517 g/mol. The Kier molecular flexibility index (Phi) is 12.5. The van der Waals surface area contributed by atoms with Crippen LogP contribution in [0.5, 0.6) is 0 Å². The molecule has 0 radical (unpaired) electrons. The highest BCUT2D eigenvalue weighted by molar-refractivity contribution is 7.94. The van der Waals surface area contributed by atoms with Crippen LogP contribution in [0.15, 0.2) is 80.3 Å². The molecule has 0 atom stereocenters. The van der Waals surface area contributed by atoms with Gasteiger partial charge in [0.25, 0.3) is 0 Å². The summed E-state index contributed by atoms with van der Waals surface area (Å²) in [5.41, 5.74) is 6.67. The van der Waals surface area contributed by atoms with Gasteiger partial charge in [-0.2, -0.15) is 5.26 Å². The maximum absolute atomic E-state index is 11.2. The van der Waals surface area contributed by atoms with Gasteiger partial charge in [0.15, 0.2) is 15.6 Å². The van der Waals surface area contributed by atoms with Crippen molar-refractivity contribution in [3.63, 3.8) is 0 Å². The monoisotopic (exact) mass is 516 g/mol. The molecule has 0 fully saturated rings. The Bertz CT molecular complexity index is 1390. The minimum absolute atomic E-state index is 0.00487. The van der Waals surface area contributed by atoms with Crippen LogP contribution >= 0.6 is 0 Å². The van der Waals surface area contributed by atoms with Gasteiger partial charge in [-0.15, -0.1) is 0 Å². The third-order valence-electron chi connectivity index (χ3n) is 4.90. The molecule has 0 spiro atoms. The van der Waals surface area contributed by atoms with Crippen LogP contribution in [-0.2, 0) is 16.3 Å². The number of carbonyl (C=O) groups excluding carboxylic acids is 1. The first-order valence-corrected chi connectivity index (χ1v) is 13.0. The molecule has 2 aromatic heterocycles. The molecule has 0 saturated heterocycles. The van der Waals surface area contributed by atoms with Crippen LogP contribution in [0.1, 0.15) is 59.2 Å². The summed E-state index contributed by atoms with van der Waals surface area (Å²) in [4.78, 5) is 22.6. The first-order valence-electron chi connectivity index (χ1n) is 11.3. The number of aryl methyl sites for hydroxylation is 2. The molecule has 8 heteroatoms. The third kappa shape index (κ3) is 11.8. The molecule has 3 aromatic rings. The number of allylic oxidation sites excluding steroid dienone is 2. The van der Waals surface area contributed by atoms with Gasteiger partial charge in [-0.25, -0.2) is 18.4 Å². The van der Waals surface area contributed by atoms with Crippen LogP contribution in [-0.4, -0.2) is 34.9 Å². The zero-order valence-corrected chi connectivity index (χ0v) is 22.5. The molecule has 7 nitrogen and oxygen atoms in total. The summed E-state index contributed by atoms with van der Waals surface area (Å²) in [5.74, 6) is 0.246. The van der Waals surface area contributed by atoms with E-state index in [1.807, 2.05) is 39.2 Å². The fourth-order valence-corrected chi connectivity index (χ4v) is 3.33. The second-order valence-corrected chi connectivity index (χ2v) is 10.3. The molecular weight excluding hydrogens is 484 g/mol. The highest BCUT2D eigenvalue weighted by atomic mass is 32.2. The van der Waals surface area contributed by atoms with E-state index in [-0.39, 0.29) is 17.4 Å². The van der Waals surface area contributed by atoms with Crippen molar-refractivity contribution in [3.05, 3.63) is 114 Å². The lowest BCUT2D eigenvalue weighted by molar-refractivity contribution is 0.101. The molecule has 0 aliphatic rings. The number of sulfone groups is 1. The third-order valence-corrected chi connectivity index (χ3v) is 6.18. The molecule has 0 amide bonds. The summed E-state index contributed by atoms with van der Waals surface area (Å²) in [7, 11) is -3.15. The summed E-state index contributed by atoms with van der Waals surface area (Å²) in [6.45, 7) is 18.2. The maximum Gasteiger partial charge on any atom is 0.232 e. The second-order valence-electron chi connectivity index (χ2n) is 8.26. The number of hydrogen-bond acceptors (Lipinski definition) is 7. The second kappa shape index (κ2) is 15.0. The van der Waals surface area contributed by atoms with Gasteiger partial charge in [-0.1, -0.05) is 44.0 Å². The number of benzene rings is 1. The van der Waals surface area contributed by atoms with Crippen molar-refractivity contribution in [1.29, 1.82) is 5.26 Å². The maximum atomic E-state index is 11.2. The van der Waals surface area contributed by atoms with Crippen LogP contribution < -0.4 is 0 Å². The van der Waals surface area contributed by atoms with Crippen molar-refractivity contribution in [2.75, 3.05) is 5.75 Å². The van der Waals surface area contributed by atoms with E-state index in [0.29, 0.717) is 12.0 Å². The number of hydrogen-bond donors (Lipinski definition) is 0. The molecule has 1 aromatic carbocycles. The largest absolute Gasteiger partial charge is 0.295 e. The van der Waals surface area contributed by atoms with Crippen LogP contribution in [0, 0.1) is 18.3 Å². The molecule has 192 valence electrons. The highest BCUT2D eigenvalue weighted by Gasteiger charge is 2.06. The fourth-order valence-electron chi connectivity index (χ4n) is 2.64. The van der Waals surface area contributed by atoms with E-state index in [4.69, 9.17) is 5.26 Å². The van der Waals surface area contributed by atoms with Crippen molar-refractivity contribution in [1.82, 2.24) is 15.0 Å². The Balaban J connectivity index is 0.000000288. The Morgan fingerprint density at radius 2 is 1.51 bits per heavy atom. The Morgan fingerprint density at radius 3 is 1.92 bits per heavy atom. The van der Waals surface area contributed by atoms with E-state index in [1.54, 1.807) is 36.7 Å². The van der Waals surface area contributed by atoms with Crippen LogP contribution in [0.3, 0.4) is 0 Å². The lowest BCUT2D eigenvalue weighted by Gasteiger charge is -2.01. The minimum atomic E-state index is -3.15. The van der Waals surface area contributed by atoms with Crippen molar-refractivity contribution >= 4 is 26.8 Å². The summed E-state index contributed by atoms with van der Waals surface area (Å²) in [5, 5.41) is 9.34. The van der Waals surface area contributed by atoms with Crippen LogP contribution in [0.2, 0.25) is 0 Å². The smallest absolute Gasteiger partial charge is 0.232 e. The number of ketones is 1. The van der Waals surface area contributed by atoms with Crippen molar-refractivity contribution in [3.8, 4) is 6.07 Å². The van der Waals surface area contributed by atoms with E-state index < -0.39 is 9.84 Å². The van der Waals surface area contributed by atoms with Crippen molar-refractivity contribution in [2.45, 2.75) is 34.1 Å². The van der Waals surface area contributed by atoms with Gasteiger partial charge in [0.05, 0.1) is 5.75 Å². The quantitative estimate of drug-likeness (QED) is 0.365. The van der Waals surface area contributed by atoms with E-state index >= 15 is 0 Å². The predicted molar refractivity (Wildman–Crippen MR) is 149 cm³/mol. The lowest BCUT2D eigenvalue weighted by atomic mass is 10.1. The summed E-state index contributed by atoms with van der Waals surface area (Å²) in [6.07, 6.45) is 7.29. The Morgan fingerprint density at radius 1 is 0.946 bits per heavy atom. The Labute approximate surface area is 219 Å². The molecule has 37 heavy (non-hydrogen) atoms. The van der Waals surface area contributed by atoms with Crippen molar-refractivity contribution in [2.24, 2.45) is 0 Å². The van der Waals surface area contributed by atoms with Gasteiger partial charge >= 0.3 is 0 Å². The van der Waals surface area contributed by atoms with Gasteiger partial charge in [0.1, 0.15) is 6.07 Å². The molecule has 0 N–H and O–H groups in total. The van der Waals surface area contributed by atoms with Crippen LogP contribution in [0.25, 0.3) is 11.1 Å². The summed E-state index contributed by atoms with van der Waals surface area (Å²) >= 11 is 0. The standard InChI is InChI=1S/C12H14O3S.C9H11N.C8H7N3/c1-3-16(14,15)9-8-11-4-6-12(7-5-11)10(2)13;1-7(2)9-4-8(3)5-10-6-9;1-6(2)7-4-10-8(3-9)11-5-7/h3-7H,1,8-9H2,2H3;4-6H,1H2,2-3H3;4-5H,1H2,2H3. The fraction of sp³-hybridized carbons (Fsp3) is 0.207. The number of pyridine rings is 1. The van der Waals surface area contributed by atoms with E-state index in [2.05, 4.69) is 40.8 Å². The zero-order chi connectivity index (χ0) is 28.0. The molecule has 3 rings (SSSR count). The molecule has 2 heterocycles. The summed E-state index contributed by atoms with van der Waals surface area (Å²) in [6, 6.07) is 10.9. The topological polar surface area (TPSA) is 114 Å². The highest BCUT2D eigenvalue weighted by Crippen LogP contribution is 2.10. The van der Waals surface area contributed by atoms with Gasteiger partial charge in [-0.05, 0) is 68.0 Å². The predicted octanol–water partition coefficient (Wildman–Crippen LogP) is 5.79. The SMILES string of the molecule is C=C(C)c1cnc(C#N)nc1.C=C(C)c1cncc(C)c1.C=CS(=O)(=O)CCc1ccc(C(C)=O)cc1. The van der Waals surface area contributed by atoms with E-state index in [1.165, 1.54) is 12.5 Å². The molecule has 0 unspecified atom stereocenters. The van der Waals surface area contributed by atoms with Gasteiger partial charge in [0.2, 0.25) is 5.82 Å². The zero-order valence-electron chi connectivity index (χ0n) is 21.7. The summed E-state index contributed by atoms with van der Waals surface area (Å²) < 4.78 is 22.4. The van der Waals surface area contributed by atoms with E-state index in [9.17, 15) is 13.2 Å². The molecule has 0 saturated carbocycles. The van der Waals surface area contributed by atoms with Gasteiger partial charge in [0, 0.05) is 41.3 Å². The molecule has 0 aliphatic carbocycles. The molecule has 0 bridgehead atoms. The number of nitrogens with zero attached hydrogens (tertiary/aromatic N) is 4. The molecule has 0 aliphatic heterocycles.